The van der Waals surface area contributed by atoms with E-state index in [1.165, 1.54) is 0 Å². The Morgan fingerprint density at radius 2 is 1.39 bits per heavy atom. The van der Waals surface area contributed by atoms with Crippen molar-refractivity contribution in [1.29, 1.82) is 0 Å². The van der Waals surface area contributed by atoms with Gasteiger partial charge in [-0.05, 0) is 44.9 Å². The Balaban J connectivity index is 4.20. The normalized spacial score (nSPS) is 14.9. The fourth-order valence-corrected chi connectivity index (χ4v) is 3.76. The number of nitrogens with two attached hydrogens (primary N) is 1. The molecule has 38 heavy (non-hydrogen) atoms. The molecule has 0 fully saturated rings. The summed E-state index contributed by atoms with van der Waals surface area (Å²) in [6.45, 7) is 4.33. The molecule has 2 atom stereocenters. The molecule has 0 aromatic heterocycles. The van der Waals surface area contributed by atoms with Crippen LogP contribution in [0, 0.1) is 0 Å². The molecule has 0 radical (unpaired) electrons. The van der Waals surface area contributed by atoms with Crippen molar-refractivity contribution in [2.75, 3.05) is 33.0 Å². The summed E-state index contributed by atoms with van der Waals surface area (Å²) in [6.07, 6.45) is 29.0. The molecule has 0 aliphatic carbocycles. The fourth-order valence-electron chi connectivity index (χ4n) is 3.00. The molecule has 2 unspecified atom stereocenters. The summed E-state index contributed by atoms with van der Waals surface area (Å²) in [7, 11) is -4.26. The zero-order valence-electron chi connectivity index (χ0n) is 23.4. The number of hydrogen-bond donors (Lipinski definition) is 2. The van der Waals surface area contributed by atoms with E-state index in [-0.39, 0.29) is 38.8 Å². The summed E-state index contributed by atoms with van der Waals surface area (Å²) < 4.78 is 32.5. The van der Waals surface area contributed by atoms with Crippen LogP contribution in [0.3, 0.4) is 0 Å². The lowest BCUT2D eigenvalue weighted by Crippen LogP contribution is -2.28. The van der Waals surface area contributed by atoms with Crippen molar-refractivity contribution >= 4 is 13.8 Å². The predicted octanol–water partition coefficient (Wildman–Crippen LogP) is 6.73. The Labute approximate surface area is 230 Å². The molecule has 8 nitrogen and oxygen atoms in total. The number of rotatable bonds is 25. The molecule has 0 aliphatic heterocycles. The van der Waals surface area contributed by atoms with Crippen LogP contribution < -0.4 is 5.73 Å². The summed E-state index contributed by atoms with van der Waals surface area (Å²) in [4.78, 5) is 21.8. The zero-order chi connectivity index (χ0) is 28.2. The first-order chi connectivity index (χ1) is 18.4. The van der Waals surface area contributed by atoms with Crippen molar-refractivity contribution in [2.45, 2.75) is 84.2 Å². The second-order valence-electron chi connectivity index (χ2n) is 8.53. The fraction of sp³-hybridized carbons (Fsp3) is 0.621. The Kier molecular flexibility index (Phi) is 25.5. The van der Waals surface area contributed by atoms with Crippen LogP contribution >= 0.6 is 7.82 Å². The van der Waals surface area contributed by atoms with E-state index in [4.69, 9.17) is 24.3 Å². The van der Waals surface area contributed by atoms with Crippen molar-refractivity contribution < 1.29 is 32.8 Å². The van der Waals surface area contributed by atoms with Gasteiger partial charge in [0.2, 0.25) is 0 Å². The maximum atomic E-state index is 12.1. The molecule has 0 spiro atoms. The number of hydrogen-bond acceptors (Lipinski definition) is 7. The van der Waals surface area contributed by atoms with Crippen LogP contribution in [0.2, 0.25) is 0 Å². The van der Waals surface area contributed by atoms with E-state index in [1.54, 1.807) is 0 Å². The van der Waals surface area contributed by atoms with Gasteiger partial charge in [-0.2, -0.15) is 0 Å². The number of unbranched alkanes of at least 4 members (excludes halogenated alkanes) is 2. The first-order valence-electron chi connectivity index (χ1n) is 13.8. The average molecular weight is 556 g/mol. The quantitative estimate of drug-likeness (QED) is 0.0551. The molecule has 0 aromatic rings. The monoisotopic (exact) mass is 555 g/mol. The zero-order valence-corrected chi connectivity index (χ0v) is 24.3. The molecule has 9 heteroatoms. The lowest BCUT2D eigenvalue weighted by atomic mass is 10.2. The molecule has 0 saturated heterocycles. The molecule has 0 bridgehead atoms. The molecule has 0 saturated carbocycles. The first kappa shape index (κ1) is 36.2. The van der Waals surface area contributed by atoms with Crippen LogP contribution in [0.5, 0.6) is 0 Å². The van der Waals surface area contributed by atoms with Crippen LogP contribution in [0.1, 0.15) is 78.1 Å². The van der Waals surface area contributed by atoms with Gasteiger partial charge in [0, 0.05) is 13.0 Å². The SMILES string of the molecule is CC/C=C\C/C=C\C/C=C\C/C=C\C/C=C\CCOCC(COP(=O)(O)OCCN)OC(=O)CCCCC. The number of esters is 1. The molecule has 0 amide bonds. The predicted molar refractivity (Wildman–Crippen MR) is 155 cm³/mol. The van der Waals surface area contributed by atoms with Crippen molar-refractivity contribution in [3.05, 3.63) is 60.8 Å². The Morgan fingerprint density at radius 1 is 0.816 bits per heavy atom. The summed E-state index contributed by atoms with van der Waals surface area (Å²) >= 11 is 0. The van der Waals surface area contributed by atoms with Gasteiger partial charge in [-0.1, -0.05) is 87.4 Å². The van der Waals surface area contributed by atoms with E-state index in [1.807, 2.05) is 13.0 Å². The summed E-state index contributed by atoms with van der Waals surface area (Å²) in [5.41, 5.74) is 5.28. The second-order valence-corrected chi connectivity index (χ2v) is 9.98. The third-order valence-corrected chi connectivity index (χ3v) is 5.95. The van der Waals surface area contributed by atoms with E-state index in [0.717, 1.165) is 51.4 Å². The molecule has 0 heterocycles. The summed E-state index contributed by atoms with van der Waals surface area (Å²) in [5.74, 6) is -0.385. The van der Waals surface area contributed by atoms with Crippen LogP contribution in [0.4, 0.5) is 0 Å². The Bertz CT molecular complexity index is 762. The van der Waals surface area contributed by atoms with Gasteiger partial charge in [0.15, 0.2) is 0 Å². The molecule has 218 valence electrons. The van der Waals surface area contributed by atoms with Gasteiger partial charge in [-0.25, -0.2) is 4.57 Å². The van der Waals surface area contributed by atoms with Gasteiger partial charge in [0.05, 0.1) is 26.4 Å². The van der Waals surface area contributed by atoms with E-state index in [0.29, 0.717) is 13.0 Å². The maximum absolute atomic E-state index is 12.1. The third kappa shape index (κ3) is 25.8. The van der Waals surface area contributed by atoms with Crippen LogP contribution in [0.15, 0.2) is 60.8 Å². The van der Waals surface area contributed by atoms with Gasteiger partial charge >= 0.3 is 13.8 Å². The molecule has 0 rings (SSSR count). The maximum Gasteiger partial charge on any atom is 0.472 e. The lowest BCUT2D eigenvalue weighted by molar-refractivity contribution is -0.154. The molecular formula is C29H50NO7P. The van der Waals surface area contributed by atoms with Gasteiger partial charge in [-0.3, -0.25) is 13.8 Å². The minimum atomic E-state index is -4.26. The van der Waals surface area contributed by atoms with Gasteiger partial charge in [0.25, 0.3) is 0 Å². The van der Waals surface area contributed by atoms with Crippen molar-refractivity contribution in [3.63, 3.8) is 0 Å². The molecular weight excluding hydrogens is 505 g/mol. The van der Waals surface area contributed by atoms with Gasteiger partial charge in [-0.15, -0.1) is 0 Å². The van der Waals surface area contributed by atoms with Crippen molar-refractivity contribution in [1.82, 2.24) is 0 Å². The summed E-state index contributed by atoms with van der Waals surface area (Å²) in [6, 6.07) is 0. The van der Waals surface area contributed by atoms with Crippen LogP contribution in [-0.4, -0.2) is 49.9 Å². The van der Waals surface area contributed by atoms with Crippen molar-refractivity contribution in [2.24, 2.45) is 5.73 Å². The number of phosphoric acid groups is 1. The van der Waals surface area contributed by atoms with Gasteiger partial charge < -0.3 is 20.1 Å². The third-order valence-electron chi connectivity index (χ3n) is 4.97. The minimum Gasteiger partial charge on any atom is -0.457 e. The Hall–Kier alpha value is -1.80. The van der Waals surface area contributed by atoms with E-state index >= 15 is 0 Å². The van der Waals surface area contributed by atoms with Crippen molar-refractivity contribution in [3.8, 4) is 0 Å². The van der Waals surface area contributed by atoms with E-state index in [9.17, 15) is 14.3 Å². The largest absolute Gasteiger partial charge is 0.472 e. The summed E-state index contributed by atoms with van der Waals surface area (Å²) in [5, 5.41) is 0. The lowest BCUT2D eigenvalue weighted by Gasteiger charge is -2.19. The molecule has 0 aromatic carbocycles. The smallest absolute Gasteiger partial charge is 0.457 e. The minimum absolute atomic E-state index is 0.0567. The topological polar surface area (TPSA) is 117 Å². The number of phosphoric ester groups is 1. The first-order valence-corrected chi connectivity index (χ1v) is 15.3. The molecule has 3 N–H and O–H groups in total. The number of ether oxygens (including phenoxy) is 2. The number of carbonyl (C=O) groups is 1. The highest BCUT2D eigenvalue weighted by molar-refractivity contribution is 7.47. The standard InChI is InChI=1S/C29H50NO7P/c1-3-5-7-8-9-10-11-12-13-14-15-16-17-18-19-21-24-34-26-28(37-29(31)22-20-6-4-2)27-36-38(32,33)35-25-23-30/h5,7,9-10,12-13,15-16,18-19,28H,3-4,6,8,11,14,17,20-27,30H2,1-2H3,(H,32,33)/b7-5-,10-9-,13-12-,16-15-,19-18-. The van der Waals surface area contributed by atoms with E-state index in [2.05, 4.69) is 61.6 Å². The second kappa shape index (κ2) is 26.8. The Morgan fingerprint density at radius 3 is 1.95 bits per heavy atom. The van der Waals surface area contributed by atoms with Gasteiger partial charge in [0.1, 0.15) is 6.10 Å². The van der Waals surface area contributed by atoms with Crippen LogP contribution in [0.25, 0.3) is 0 Å². The number of carbonyl (C=O) groups excluding carboxylic acids is 1. The highest BCUT2D eigenvalue weighted by Crippen LogP contribution is 2.43. The van der Waals surface area contributed by atoms with Crippen LogP contribution in [-0.2, 0) is 27.9 Å². The highest BCUT2D eigenvalue weighted by Gasteiger charge is 2.25. The average Bonchev–Trinajstić information content (AvgIpc) is 2.90. The highest BCUT2D eigenvalue weighted by atomic mass is 31.2. The molecule has 0 aliphatic rings. The van der Waals surface area contributed by atoms with E-state index < -0.39 is 13.9 Å². The number of allylic oxidation sites excluding steroid dienone is 9.